The molecule has 1 aliphatic heterocycles. The smallest absolute Gasteiger partial charge is 0.341 e. The number of hydrogen-bond donors (Lipinski definition) is 2. The van der Waals surface area contributed by atoms with Crippen LogP contribution >= 0.6 is 11.3 Å². The van der Waals surface area contributed by atoms with Crippen molar-refractivity contribution in [3.63, 3.8) is 0 Å². The number of benzene rings is 1. The number of rotatable bonds is 7. The molecule has 9 heteroatoms. The molecule has 0 spiro atoms. The first kappa shape index (κ1) is 20.7. The van der Waals surface area contributed by atoms with Gasteiger partial charge in [-0.2, -0.15) is 0 Å². The first-order valence-corrected chi connectivity index (χ1v) is 10.1. The van der Waals surface area contributed by atoms with Crippen LogP contribution in [0.1, 0.15) is 56.2 Å². The Morgan fingerprint density at radius 2 is 1.90 bits per heavy atom. The van der Waals surface area contributed by atoms with Crippen LogP contribution in [0.5, 0.6) is 11.5 Å². The summed E-state index contributed by atoms with van der Waals surface area (Å²) < 4.78 is 15.7. The highest BCUT2D eigenvalue weighted by Gasteiger charge is 2.27. The van der Waals surface area contributed by atoms with E-state index in [0.29, 0.717) is 34.0 Å². The molecule has 1 aromatic heterocycles. The van der Waals surface area contributed by atoms with Crippen molar-refractivity contribution < 1.29 is 28.6 Å². The largest absolute Gasteiger partial charge is 0.462 e. The Morgan fingerprint density at radius 1 is 1.14 bits per heavy atom. The summed E-state index contributed by atoms with van der Waals surface area (Å²) in [6.07, 6.45) is 0.786. The molecule has 2 N–H and O–H groups in total. The molecule has 0 saturated heterocycles. The zero-order chi connectivity index (χ0) is 21.0. The van der Waals surface area contributed by atoms with Crippen molar-refractivity contribution in [1.29, 1.82) is 0 Å². The molecule has 2 amide bonds. The third-order valence-corrected chi connectivity index (χ3v) is 5.44. The third kappa shape index (κ3) is 4.34. The van der Waals surface area contributed by atoms with Gasteiger partial charge in [0.25, 0.3) is 11.8 Å². The van der Waals surface area contributed by atoms with Gasteiger partial charge >= 0.3 is 5.97 Å². The standard InChI is InChI=1S/C20H22N2O6S/c1-4-8-21-18(24)16-11(3)15(20(25)26-5-2)19(29-16)22-17(23)12-6-7-13-14(9-12)28-10-27-13/h6-7,9H,4-5,8,10H2,1-3H3,(H,21,24)(H,22,23). The molecule has 3 rings (SSSR count). The maximum Gasteiger partial charge on any atom is 0.341 e. The first-order valence-electron chi connectivity index (χ1n) is 9.25. The lowest BCUT2D eigenvalue weighted by atomic mass is 10.1. The van der Waals surface area contributed by atoms with Crippen LogP contribution in [0.4, 0.5) is 5.00 Å². The normalized spacial score (nSPS) is 11.8. The Kier molecular flexibility index (Phi) is 6.38. The van der Waals surface area contributed by atoms with Gasteiger partial charge in [0.15, 0.2) is 11.5 Å². The Labute approximate surface area is 172 Å². The van der Waals surface area contributed by atoms with E-state index in [1.54, 1.807) is 32.0 Å². The summed E-state index contributed by atoms with van der Waals surface area (Å²) in [6.45, 7) is 6.11. The fourth-order valence-corrected chi connectivity index (χ4v) is 3.91. The molecule has 2 heterocycles. The number of carbonyl (C=O) groups is 3. The summed E-state index contributed by atoms with van der Waals surface area (Å²) in [6, 6.07) is 4.81. The minimum Gasteiger partial charge on any atom is -0.462 e. The molecule has 1 aliphatic rings. The Hall–Kier alpha value is -3.07. The van der Waals surface area contributed by atoms with Crippen LogP contribution in [0.3, 0.4) is 0 Å². The van der Waals surface area contributed by atoms with Gasteiger partial charge in [0.1, 0.15) is 5.00 Å². The van der Waals surface area contributed by atoms with Crippen LogP contribution in [0.25, 0.3) is 0 Å². The molecule has 8 nitrogen and oxygen atoms in total. The van der Waals surface area contributed by atoms with Crippen LogP contribution in [-0.4, -0.2) is 37.7 Å². The maximum absolute atomic E-state index is 12.8. The van der Waals surface area contributed by atoms with Gasteiger partial charge in [0.05, 0.1) is 17.0 Å². The lowest BCUT2D eigenvalue weighted by molar-refractivity contribution is 0.0527. The lowest BCUT2D eigenvalue weighted by Crippen LogP contribution is -2.23. The summed E-state index contributed by atoms with van der Waals surface area (Å²) in [5.74, 6) is -0.267. The highest BCUT2D eigenvalue weighted by Crippen LogP contribution is 2.36. The molecule has 0 fully saturated rings. The van der Waals surface area contributed by atoms with E-state index in [1.807, 2.05) is 6.92 Å². The number of hydrogen-bond acceptors (Lipinski definition) is 7. The summed E-state index contributed by atoms with van der Waals surface area (Å²) >= 11 is 1.05. The van der Waals surface area contributed by atoms with Gasteiger partial charge in [-0.05, 0) is 44.0 Å². The van der Waals surface area contributed by atoms with E-state index in [-0.39, 0.29) is 29.9 Å². The van der Waals surface area contributed by atoms with Crippen molar-refractivity contribution in [2.45, 2.75) is 27.2 Å². The average Bonchev–Trinajstić information content (AvgIpc) is 3.29. The molecular weight excluding hydrogens is 396 g/mol. The SMILES string of the molecule is CCCNC(=O)c1sc(NC(=O)c2ccc3c(c2)OCO3)c(C(=O)OCC)c1C. The summed E-state index contributed by atoms with van der Waals surface area (Å²) in [4.78, 5) is 38.0. The van der Waals surface area contributed by atoms with Crippen molar-refractivity contribution >= 4 is 34.1 Å². The Balaban J connectivity index is 1.91. The zero-order valence-electron chi connectivity index (χ0n) is 16.4. The fraction of sp³-hybridized carbons (Fsp3) is 0.350. The first-order chi connectivity index (χ1) is 14.0. The minimum atomic E-state index is -0.586. The van der Waals surface area contributed by atoms with Gasteiger partial charge in [0.2, 0.25) is 6.79 Å². The van der Waals surface area contributed by atoms with Crippen LogP contribution < -0.4 is 20.1 Å². The second kappa shape index (κ2) is 8.95. The van der Waals surface area contributed by atoms with Crippen molar-refractivity contribution in [2.75, 3.05) is 25.3 Å². The Morgan fingerprint density at radius 3 is 2.62 bits per heavy atom. The highest BCUT2D eigenvalue weighted by atomic mass is 32.1. The number of esters is 1. The van der Waals surface area contributed by atoms with Crippen molar-refractivity contribution in [3.05, 3.63) is 39.8 Å². The topological polar surface area (TPSA) is 103 Å². The number of carbonyl (C=O) groups excluding carboxylic acids is 3. The summed E-state index contributed by atoms with van der Waals surface area (Å²) in [5, 5.41) is 5.79. The van der Waals surface area contributed by atoms with Crippen LogP contribution in [-0.2, 0) is 4.74 Å². The molecule has 0 unspecified atom stereocenters. The third-order valence-electron chi connectivity index (χ3n) is 4.23. The zero-order valence-corrected chi connectivity index (χ0v) is 17.2. The molecule has 0 bridgehead atoms. The van der Waals surface area contributed by atoms with E-state index in [9.17, 15) is 14.4 Å². The van der Waals surface area contributed by atoms with Gasteiger partial charge in [-0.15, -0.1) is 11.3 Å². The second-order valence-electron chi connectivity index (χ2n) is 6.26. The predicted molar refractivity (Wildman–Crippen MR) is 108 cm³/mol. The number of nitrogens with one attached hydrogen (secondary N) is 2. The molecule has 29 heavy (non-hydrogen) atoms. The van der Waals surface area contributed by atoms with Gasteiger partial charge < -0.3 is 24.8 Å². The van der Waals surface area contributed by atoms with E-state index >= 15 is 0 Å². The van der Waals surface area contributed by atoms with Crippen molar-refractivity contribution in [2.24, 2.45) is 0 Å². The van der Waals surface area contributed by atoms with Crippen LogP contribution in [0.15, 0.2) is 18.2 Å². The number of anilines is 1. The average molecular weight is 418 g/mol. The highest BCUT2D eigenvalue weighted by molar-refractivity contribution is 7.18. The lowest BCUT2D eigenvalue weighted by Gasteiger charge is -2.07. The molecule has 0 saturated carbocycles. The molecule has 0 aliphatic carbocycles. The summed E-state index contributed by atoms with van der Waals surface area (Å²) in [7, 11) is 0. The number of fused-ring (bicyclic) bond motifs is 1. The van der Waals surface area contributed by atoms with E-state index < -0.39 is 11.9 Å². The van der Waals surface area contributed by atoms with Gasteiger partial charge in [-0.1, -0.05) is 6.92 Å². The van der Waals surface area contributed by atoms with Gasteiger partial charge in [-0.25, -0.2) is 4.79 Å². The second-order valence-corrected chi connectivity index (χ2v) is 7.28. The monoisotopic (exact) mass is 418 g/mol. The quantitative estimate of drug-likeness (QED) is 0.669. The molecule has 0 atom stereocenters. The molecule has 0 radical (unpaired) electrons. The molecular formula is C20H22N2O6S. The van der Waals surface area contributed by atoms with Crippen LogP contribution in [0, 0.1) is 6.92 Å². The van der Waals surface area contributed by atoms with Crippen molar-refractivity contribution in [1.82, 2.24) is 5.32 Å². The number of amides is 2. The molecule has 1 aromatic carbocycles. The van der Waals surface area contributed by atoms with Crippen molar-refractivity contribution in [3.8, 4) is 11.5 Å². The van der Waals surface area contributed by atoms with Gasteiger partial charge in [-0.3, -0.25) is 9.59 Å². The molecule has 154 valence electrons. The number of thiophene rings is 1. The summed E-state index contributed by atoms with van der Waals surface area (Å²) in [5.41, 5.74) is 1.00. The van der Waals surface area contributed by atoms with E-state index in [2.05, 4.69) is 10.6 Å². The predicted octanol–water partition coefficient (Wildman–Crippen LogP) is 3.35. The Bertz CT molecular complexity index is 953. The molecule has 2 aromatic rings. The van der Waals surface area contributed by atoms with Crippen LogP contribution in [0.2, 0.25) is 0 Å². The van der Waals surface area contributed by atoms with Gasteiger partial charge in [0, 0.05) is 12.1 Å². The minimum absolute atomic E-state index is 0.105. The fourth-order valence-electron chi connectivity index (χ4n) is 2.80. The van der Waals surface area contributed by atoms with E-state index in [0.717, 1.165) is 17.8 Å². The maximum atomic E-state index is 12.8. The van der Waals surface area contributed by atoms with E-state index in [1.165, 1.54) is 0 Å². The van der Waals surface area contributed by atoms with E-state index in [4.69, 9.17) is 14.2 Å². The number of ether oxygens (including phenoxy) is 3.